The van der Waals surface area contributed by atoms with Crippen LogP contribution in [0.3, 0.4) is 0 Å². The molecule has 1 heterocycles. The van der Waals surface area contributed by atoms with Crippen LogP contribution in [-0.4, -0.2) is 15.2 Å². The SMILES string of the molecule is CC(C)(C)c1ccc(-c2n[nH]c([C@H](N)c3ccccc3)n2)cc1. The molecule has 0 aliphatic rings. The van der Waals surface area contributed by atoms with Crippen LogP contribution in [0.15, 0.2) is 54.6 Å². The minimum atomic E-state index is -0.300. The van der Waals surface area contributed by atoms with Crippen LogP contribution in [0, 0.1) is 0 Å². The van der Waals surface area contributed by atoms with Gasteiger partial charge in [0, 0.05) is 5.56 Å². The zero-order valence-corrected chi connectivity index (χ0v) is 13.7. The number of rotatable bonds is 3. The first-order valence-corrected chi connectivity index (χ1v) is 7.79. The van der Waals surface area contributed by atoms with Crippen molar-refractivity contribution in [2.75, 3.05) is 0 Å². The fourth-order valence-electron chi connectivity index (χ4n) is 2.48. The Hall–Kier alpha value is -2.46. The number of H-pyrrole nitrogens is 1. The van der Waals surface area contributed by atoms with Crippen molar-refractivity contribution in [1.82, 2.24) is 15.2 Å². The molecule has 3 N–H and O–H groups in total. The van der Waals surface area contributed by atoms with Crippen LogP contribution in [0.4, 0.5) is 0 Å². The van der Waals surface area contributed by atoms with E-state index in [0.29, 0.717) is 11.6 Å². The Morgan fingerprint density at radius 2 is 1.61 bits per heavy atom. The van der Waals surface area contributed by atoms with E-state index in [2.05, 4.69) is 60.2 Å². The van der Waals surface area contributed by atoms with Crippen molar-refractivity contribution in [3.8, 4) is 11.4 Å². The van der Waals surface area contributed by atoms with Gasteiger partial charge in [0.1, 0.15) is 5.82 Å². The Bertz CT molecular complexity index is 767. The summed E-state index contributed by atoms with van der Waals surface area (Å²) in [5, 5.41) is 7.27. The molecule has 0 aliphatic heterocycles. The van der Waals surface area contributed by atoms with Gasteiger partial charge < -0.3 is 5.73 Å². The summed E-state index contributed by atoms with van der Waals surface area (Å²) in [4.78, 5) is 4.56. The molecule has 0 saturated carbocycles. The molecule has 2 aromatic carbocycles. The number of nitrogens with two attached hydrogens (primary N) is 1. The lowest BCUT2D eigenvalue weighted by Gasteiger charge is -2.18. The van der Waals surface area contributed by atoms with Gasteiger partial charge >= 0.3 is 0 Å². The molecule has 4 heteroatoms. The molecule has 23 heavy (non-hydrogen) atoms. The minimum Gasteiger partial charge on any atom is -0.318 e. The molecule has 0 amide bonds. The first-order chi connectivity index (χ1) is 10.9. The molecule has 0 aliphatic carbocycles. The Balaban J connectivity index is 1.85. The van der Waals surface area contributed by atoms with Gasteiger partial charge in [0.2, 0.25) is 0 Å². The number of nitrogens with one attached hydrogen (secondary N) is 1. The lowest BCUT2D eigenvalue weighted by Crippen LogP contribution is -2.13. The third-order valence-corrected chi connectivity index (χ3v) is 3.97. The molecule has 0 bridgehead atoms. The number of aromatic nitrogens is 3. The van der Waals surface area contributed by atoms with E-state index in [1.807, 2.05) is 30.3 Å². The van der Waals surface area contributed by atoms with Crippen LogP contribution in [-0.2, 0) is 5.41 Å². The van der Waals surface area contributed by atoms with Gasteiger partial charge in [0.15, 0.2) is 5.82 Å². The Kier molecular flexibility index (Phi) is 4.01. The maximum absolute atomic E-state index is 6.26. The predicted octanol–water partition coefficient (Wildman–Crippen LogP) is 3.82. The molecule has 1 aromatic heterocycles. The van der Waals surface area contributed by atoms with Crippen molar-refractivity contribution >= 4 is 0 Å². The predicted molar refractivity (Wildman–Crippen MR) is 93.0 cm³/mol. The van der Waals surface area contributed by atoms with Crippen molar-refractivity contribution in [3.05, 3.63) is 71.5 Å². The minimum absolute atomic E-state index is 0.137. The molecule has 3 aromatic rings. The second-order valence-corrected chi connectivity index (χ2v) is 6.76. The second-order valence-electron chi connectivity index (χ2n) is 6.76. The zero-order valence-electron chi connectivity index (χ0n) is 13.7. The Morgan fingerprint density at radius 1 is 0.957 bits per heavy atom. The molecule has 0 unspecified atom stereocenters. The molecule has 1 atom stereocenters. The average Bonchev–Trinajstić information content (AvgIpc) is 3.04. The third kappa shape index (κ3) is 3.32. The lowest BCUT2D eigenvalue weighted by atomic mass is 9.87. The van der Waals surface area contributed by atoms with Gasteiger partial charge in [-0.15, -0.1) is 0 Å². The maximum Gasteiger partial charge on any atom is 0.181 e. The highest BCUT2D eigenvalue weighted by Crippen LogP contribution is 2.25. The molecule has 118 valence electrons. The third-order valence-electron chi connectivity index (χ3n) is 3.97. The molecule has 4 nitrogen and oxygen atoms in total. The number of hydrogen-bond donors (Lipinski definition) is 2. The van der Waals surface area contributed by atoms with E-state index in [1.54, 1.807) is 0 Å². The summed E-state index contributed by atoms with van der Waals surface area (Å²) in [6.07, 6.45) is 0. The van der Waals surface area contributed by atoms with Crippen LogP contribution < -0.4 is 5.73 Å². The second kappa shape index (κ2) is 5.97. The average molecular weight is 306 g/mol. The van der Waals surface area contributed by atoms with E-state index in [0.717, 1.165) is 11.1 Å². The monoisotopic (exact) mass is 306 g/mol. The number of aromatic amines is 1. The Labute approximate surface area is 136 Å². The van der Waals surface area contributed by atoms with E-state index in [1.165, 1.54) is 5.56 Å². The van der Waals surface area contributed by atoms with Crippen molar-refractivity contribution in [2.24, 2.45) is 5.73 Å². The molecule has 0 fully saturated rings. The molecule has 0 spiro atoms. The van der Waals surface area contributed by atoms with Gasteiger partial charge in [0.05, 0.1) is 6.04 Å². The topological polar surface area (TPSA) is 67.6 Å². The first-order valence-electron chi connectivity index (χ1n) is 7.79. The fraction of sp³-hybridized carbons (Fsp3) is 0.263. The van der Waals surface area contributed by atoms with Crippen LogP contribution >= 0.6 is 0 Å². The summed E-state index contributed by atoms with van der Waals surface area (Å²) in [7, 11) is 0. The summed E-state index contributed by atoms with van der Waals surface area (Å²) in [6.45, 7) is 6.60. The highest BCUT2D eigenvalue weighted by Gasteiger charge is 2.16. The van der Waals surface area contributed by atoms with Gasteiger partial charge in [-0.2, -0.15) is 5.10 Å². The molecular formula is C19H22N4. The maximum atomic E-state index is 6.26. The number of hydrogen-bond acceptors (Lipinski definition) is 3. The smallest absolute Gasteiger partial charge is 0.181 e. The van der Waals surface area contributed by atoms with Crippen LogP contribution in [0.2, 0.25) is 0 Å². The standard InChI is InChI=1S/C19H22N4/c1-19(2,3)15-11-9-14(10-12-15)17-21-18(23-22-17)16(20)13-7-5-4-6-8-13/h4-12,16H,20H2,1-3H3,(H,21,22,23)/t16-/m1/s1. The van der Waals surface area contributed by atoms with Gasteiger partial charge in [0.25, 0.3) is 0 Å². The summed E-state index contributed by atoms with van der Waals surface area (Å²) in [6, 6.07) is 18.0. The molecule has 0 saturated heterocycles. The Morgan fingerprint density at radius 3 is 2.22 bits per heavy atom. The summed E-state index contributed by atoms with van der Waals surface area (Å²) >= 11 is 0. The van der Waals surface area contributed by atoms with E-state index < -0.39 is 0 Å². The first kappa shape index (κ1) is 15.4. The lowest BCUT2D eigenvalue weighted by molar-refractivity contribution is 0.590. The van der Waals surface area contributed by atoms with E-state index in [4.69, 9.17) is 5.73 Å². The van der Waals surface area contributed by atoms with Crippen molar-refractivity contribution in [1.29, 1.82) is 0 Å². The quantitative estimate of drug-likeness (QED) is 0.773. The van der Waals surface area contributed by atoms with Gasteiger partial charge in [-0.25, -0.2) is 4.98 Å². The van der Waals surface area contributed by atoms with Gasteiger partial charge in [-0.3, -0.25) is 5.10 Å². The number of benzene rings is 2. The molecular weight excluding hydrogens is 284 g/mol. The van der Waals surface area contributed by atoms with Crippen LogP contribution in [0.5, 0.6) is 0 Å². The van der Waals surface area contributed by atoms with Crippen molar-refractivity contribution < 1.29 is 0 Å². The van der Waals surface area contributed by atoms with E-state index >= 15 is 0 Å². The van der Waals surface area contributed by atoms with Gasteiger partial charge in [-0.05, 0) is 16.5 Å². The van der Waals surface area contributed by atoms with Gasteiger partial charge in [-0.1, -0.05) is 75.4 Å². The zero-order chi connectivity index (χ0) is 16.4. The molecule has 0 radical (unpaired) electrons. The van der Waals surface area contributed by atoms with Crippen molar-refractivity contribution in [2.45, 2.75) is 32.2 Å². The van der Waals surface area contributed by atoms with Crippen molar-refractivity contribution in [3.63, 3.8) is 0 Å². The highest BCUT2D eigenvalue weighted by molar-refractivity contribution is 5.55. The highest BCUT2D eigenvalue weighted by atomic mass is 15.2. The summed E-state index contributed by atoms with van der Waals surface area (Å²) in [5.74, 6) is 1.35. The number of nitrogens with zero attached hydrogens (tertiary/aromatic N) is 2. The summed E-state index contributed by atoms with van der Waals surface area (Å²) in [5.41, 5.74) is 9.68. The summed E-state index contributed by atoms with van der Waals surface area (Å²) < 4.78 is 0. The fourth-order valence-corrected chi connectivity index (χ4v) is 2.48. The van der Waals surface area contributed by atoms with E-state index in [-0.39, 0.29) is 11.5 Å². The largest absolute Gasteiger partial charge is 0.318 e. The molecule has 3 rings (SSSR count). The van der Waals surface area contributed by atoms with Crippen LogP contribution in [0.25, 0.3) is 11.4 Å². The van der Waals surface area contributed by atoms with E-state index in [9.17, 15) is 0 Å². The normalized spacial score (nSPS) is 13.0. The van der Waals surface area contributed by atoms with Crippen LogP contribution in [0.1, 0.15) is 43.8 Å².